The summed E-state index contributed by atoms with van der Waals surface area (Å²) in [5, 5.41) is -1.80. The summed E-state index contributed by atoms with van der Waals surface area (Å²) >= 11 is -0.300. The van der Waals surface area contributed by atoms with E-state index in [2.05, 4.69) is 9.97 Å². The first kappa shape index (κ1) is 38.3. The molecule has 1 atom stereocenters. The van der Waals surface area contributed by atoms with Crippen LogP contribution in [-0.2, 0) is 85.0 Å². The molecular weight excluding hydrogens is 1280 g/mol. The van der Waals surface area contributed by atoms with E-state index in [1.54, 1.807) is 0 Å². The summed E-state index contributed by atoms with van der Waals surface area (Å²) in [6.07, 6.45) is -16.2. The lowest BCUT2D eigenvalue weighted by Gasteiger charge is -2.28. The number of nitrogens with zero attached hydrogens (tertiary/aromatic N) is 8. The topological polar surface area (TPSA) is 117 Å². The zero-order valence-electron chi connectivity index (χ0n) is 87.5. The molecule has 8 aromatic rings. The standard InChI is InChI=1S/2C37H40F4N4O2S/c1-4-43(5-2)18-19-44(22-26-6-10-28(11-7-26)29-12-14-30(15-13-29)37(39,40)41)34(46)23-45-33-21-25(3)20-32(33)35(47)42-36(45)48-24-27-8-16-31(38)17-9-27;1-4-43(5-2)19-20-44(22-26-9-13-28(14-10-26)29-15-18-32(25(3)21-29)37(39,40)41)34(46)23-45-33-8-6-7-31(33)35(47)42-36(45)48-24-27-11-16-30(38)17-12-27/h6-17,25H,4-5,18-24H2,1-3H3;9-18,21H,4-8,19-20,22-24H2,1-3H3/i8D,9D,16D,17D,18D2,19D2,20D2,21D2,22D2,24D2,25D;9D,10D,11D,12D,13D,14D,15D,16D,17D,18D,19D2,20D2,21D,22D2,24D2. The minimum atomic E-state index is -5.24. The zero-order valence-corrected chi connectivity index (χ0v) is 53.2. The molecule has 2 aromatic heterocycles. The summed E-state index contributed by atoms with van der Waals surface area (Å²) in [4.78, 5) is 65.9. The molecule has 10 rings (SSSR count). The molecule has 0 saturated heterocycles. The highest BCUT2D eigenvalue weighted by atomic mass is 32.2. The van der Waals surface area contributed by atoms with Gasteiger partial charge in [0.1, 0.15) is 24.7 Å². The molecule has 1 unspecified atom stereocenters. The molecule has 22 heteroatoms. The average molecular weight is 1400 g/mol. The van der Waals surface area contributed by atoms with Crippen LogP contribution in [0, 0.1) is 24.5 Å². The summed E-state index contributed by atoms with van der Waals surface area (Å²) in [6, 6.07) is -10.8. The molecule has 0 N–H and O–H groups in total. The number of thioether (sulfide) groups is 2. The lowest BCUT2D eigenvalue weighted by molar-refractivity contribution is -0.138. The van der Waals surface area contributed by atoms with Gasteiger partial charge in [-0.05, 0) is 163 Å². The Kier molecular flexibility index (Phi) is 13.1. The van der Waals surface area contributed by atoms with Crippen molar-refractivity contribution >= 4 is 35.3 Å². The first-order chi connectivity index (χ1) is 60.1. The Morgan fingerprint density at radius 1 is 0.573 bits per heavy atom. The maximum Gasteiger partial charge on any atom is 0.416 e. The minimum Gasteiger partial charge on any atom is -0.336 e. The molecule has 12 nitrogen and oxygen atoms in total. The van der Waals surface area contributed by atoms with Crippen LogP contribution in [0.5, 0.6) is 0 Å². The van der Waals surface area contributed by atoms with E-state index in [0.717, 1.165) is 64.6 Å². The third kappa shape index (κ3) is 19.0. The van der Waals surface area contributed by atoms with Gasteiger partial charge in [-0.1, -0.05) is 155 Å². The Bertz CT molecular complexity index is 5950. The predicted molar refractivity (Wildman–Crippen MR) is 362 cm³/mol. The van der Waals surface area contributed by atoms with Gasteiger partial charge in [-0.2, -0.15) is 36.3 Å². The van der Waals surface area contributed by atoms with Crippen LogP contribution in [0.25, 0.3) is 22.3 Å². The molecule has 508 valence electrons. The molecule has 2 heterocycles. The Morgan fingerprint density at radius 2 is 1.03 bits per heavy atom. The molecule has 0 radical (unpaired) electrons. The number of carbonyl (C=O) groups is 2. The zero-order chi connectivity index (χ0) is 101. The molecule has 96 heavy (non-hydrogen) atoms. The molecule has 0 bridgehead atoms. The summed E-state index contributed by atoms with van der Waals surface area (Å²) in [5.41, 5.74) is -20.4. The van der Waals surface area contributed by atoms with E-state index in [4.69, 9.17) is 38.4 Å². The highest BCUT2D eigenvalue weighted by molar-refractivity contribution is 7.98. The summed E-state index contributed by atoms with van der Waals surface area (Å²) in [5.74, 6) is -9.68. The molecule has 0 aliphatic heterocycles. The second-order valence-corrected chi connectivity index (χ2v) is 21.9. The molecule has 6 aromatic carbocycles. The normalized spacial score (nSPS) is 22.0. The SMILES string of the molecule is [2H]c1c([2H])c(C([2H])([2H])Sc2nc(=O)c3c(n2CC(=O)N(C([2H])([2H])c2c([2H])c([2H])c(-c4c([2H])c([2H])c(C(F)(F)F)c(C)c4[2H])c([2H])c2[2H])C([2H])([2H])C([2H])([2H])N(CC)CC)CCC3)c([2H])c([2H])c1F.[2H]c1c([2H])c(C([2H])([2H])Sc2nc(=O)c3c(n2CC(=O)N(C([2H])([2H])c2ccc(-c4ccc(C(F)(F)F)cc4)cc2)C([2H])([2H])C([2H])([2H])N(CC)CC)C([2H])([2H])C([2H])(C)C3([2H])[2H])c([2H])c([2H])c1F. The monoisotopic (exact) mass is 1400 g/mol. The highest BCUT2D eigenvalue weighted by Crippen LogP contribution is 2.36. The van der Waals surface area contributed by atoms with Crippen molar-refractivity contribution in [2.24, 2.45) is 5.89 Å². The van der Waals surface area contributed by atoms with Gasteiger partial charge in [-0.15, -0.1) is 0 Å². The maximum absolute atomic E-state index is 15.0. The lowest BCUT2D eigenvalue weighted by Crippen LogP contribution is -2.40. The van der Waals surface area contributed by atoms with Crippen LogP contribution >= 0.6 is 23.5 Å². The smallest absolute Gasteiger partial charge is 0.336 e. The summed E-state index contributed by atoms with van der Waals surface area (Å²) in [7, 11) is 0. The third-order valence-electron chi connectivity index (χ3n) is 14.0. The second kappa shape index (κ2) is 32.9. The molecular formula is C74H80F8N8O4S2. The second-order valence-electron chi connectivity index (χ2n) is 20.4. The van der Waals surface area contributed by atoms with Crippen LogP contribution in [0.4, 0.5) is 35.1 Å². The predicted octanol–water partition coefficient (Wildman–Crippen LogP) is 15.0. The minimum absolute atomic E-state index is 0.0215. The molecule has 0 fully saturated rings. The van der Waals surface area contributed by atoms with Crippen molar-refractivity contribution in [1.29, 1.82) is 0 Å². The van der Waals surface area contributed by atoms with Gasteiger partial charge in [0, 0.05) is 90.7 Å². The van der Waals surface area contributed by atoms with Gasteiger partial charge in [0.15, 0.2) is 10.3 Å². The first-order valence-electron chi connectivity index (χ1n) is 47.0. The van der Waals surface area contributed by atoms with E-state index in [1.165, 1.54) is 39.8 Å². The fourth-order valence-electron chi connectivity index (χ4n) is 9.07. The third-order valence-corrected chi connectivity index (χ3v) is 15.6. The van der Waals surface area contributed by atoms with Crippen molar-refractivity contribution in [2.75, 3.05) is 52.2 Å². The van der Waals surface area contributed by atoms with Crippen molar-refractivity contribution in [3.8, 4) is 22.3 Å². The number of benzene rings is 6. The Morgan fingerprint density at radius 3 is 1.52 bits per heavy atom. The summed E-state index contributed by atoms with van der Waals surface area (Å²) in [6.45, 7) is -18.2. The number of fused-ring (bicyclic) bond motifs is 2. The number of amides is 2. The van der Waals surface area contributed by atoms with Crippen LogP contribution in [0.3, 0.4) is 0 Å². The van der Waals surface area contributed by atoms with E-state index < -0.39 is 291 Å². The number of rotatable bonds is 26. The number of carbonyl (C=O) groups excluding carboxylic acids is 2. The molecule has 0 spiro atoms. The van der Waals surface area contributed by atoms with Crippen LogP contribution in [0.1, 0.15) is 152 Å². The van der Waals surface area contributed by atoms with Gasteiger partial charge in [-0.25, -0.2) is 8.78 Å². The Hall–Kier alpha value is -7.92. The number of hydrogen-bond donors (Lipinski definition) is 0. The number of halogens is 8. The molecule has 2 aliphatic rings. The largest absolute Gasteiger partial charge is 0.416 e. The Labute approximate surface area is 614 Å². The van der Waals surface area contributed by atoms with E-state index >= 15 is 0 Å². The molecule has 2 amide bonds. The van der Waals surface area contributed by atoms with Gasteiger partial charge in [0.2, 0.25) is 11.8 Å². The lowest BCUT2D eigenvalue weighted by atomic mass is 9.98. The van der Waals surface area contributed by atoms with Crippen molar-refractivity contribution in [2.45, 2.75) is 134 Å². The van der Waals surface area contributed by atoms with Crippen molar-refractivity contribution in [3.05, 3.63) is 233 Å². The van der Waals surface area contributed by atoms with Gasteiger partial charge in [0.05, 0.1) is 42.7 Å². The van der Waals surface area contributed by atoms with Crippen LogP contribution in [0.15, 0.2) is 159 Å². The van der Waals surface area contributed by atoms with Gasteiger partial charge >= 0.3 is 12.4 Å². The van der Waals surface area contributed by atoms with Gasteiger partial charge in [-0.3, -0.25) is 19.2 Å². The van der Waals surface area contributed by atoms with E-state index in [1.807, 2.05) is 0 Å². The first-order valence-corrected chi connectivity index (χ1v) is 30.6. The average Bonchev–Trinajstić information content (AvgIpc) is 1.51. The van der Waals surface area contributed by atoms with E-state index in [-0.39, 0.29) is 101 Å². The van der Waals surface area contributed by atoms with Crippen molar-refractivity contribution in [1.82, 2.24) is 38.7 Å². The number of aromatic nitrogens is 4. The Balaban J connectivity index is 0.000000297. The molecule has 2 aliphatic carbocycles. The number of likely N-dealkylation sites (N-methyl/N-ethyl adjacent to an activating group) is 2. The van der Waals surface area contributed by atoms with Crippen molar-refractivity contribution < 1.29 is 94.1 Å². The maximum atomic E-state index is 15.0. The number of hydrogen-bond acceptors (Lipinski definition) is 10. The fraction of sp³-hybridized carbons (Fsp3) is 0.378. The van der Waals surface area contributed by atoms with Crippen LogP contribution < -0.4 is 11.1 Å². The van der Waals surface area contributed by atoms with Gasteiger partial charge in [0.25, 0.3) is 11.1 Å². The number of alkyl halides is 6. The highest BCUT2D eigenvalue weighted by Gasteiger charge is 2.34. The van der Waals surface area contributed by atoms with Crippen LogP contribution in [-0.4, -0.2) is 103 Å². The summed E-state index contributed by atoms with van der Waals surface area (Å²) < 4.78 is 426. The van der Waals surface area contributed by atoms with E-state index in [9.17, 15) is 65.3 Å². The van der Waals surface area contributed by atoms with E-state index in [0.29, 0.717) is 4.57 Å². The van der Waals surface area contributed by atoms with Crippen LogP contribution in [0.2, 0.25) is 0 Å². The molecule has 0 saturated carbocycles. The van der Waals surface area contributed by atoms with Gasteiger partial charge < -0.3 is 28.7 Å². The van der Waals surface area contributed by atoms with Crippen molar-refractivity contribution in [3.63, 3.8) is 0 Å². The fourth-order valence-corrected chi connectivity index (χ4v) is 10.5. The quantitative estimate of drug-likeness (QED) is 0.0295.